The van der Waals surface area contributed by atoms with Gasteiger partial charge >= 0.3 is 0 Å². The van der Waals surface area contributed by atoms with Crippen LogP contribution < -0.4 is 5.73 Å². The second-order valence-electron chi connectivity index (χ2n) is 3.48. The number of hydrogen-bond donors (Lipinski definition) is 2. The minimum Gasteiger partial charge on any atom is -0.409 e. The molecule has 0 amide bonds. The Balaban J connectivity index is 2.60. The molecule has 1 aromatic heterocycles. The lowest BCUT2D eigenvalue weighted by atomic mass is 10.2. The summed E-state index contributed by atoms with van der Waals surface area (Å²) < 4.78 is 0. The van der Waals surface area contributed by atoms with Gasteiger partial charge < -0.3 is 10.9 Å². The third-order valence-corrected chi connectivity index (χ3v) is 2.36. The quantitative estimate of drug-likeness (QED) is 0.330. The van der Waals surface area contributed by atoms with Gasteiger partial charge in [0.2, 0.25) is 0 Å². The van der Waals surface area contributed by atoms with Crippen molar-refractivity contribution in [1.29, 1.82) is 0 Å². The fourth-order valence-electron chi connectivity index (χ4n) is 1.23. The monoisotopic (exact) mass is 208 g/mol. The van der Waals surface area contributed by atoms with E-state index in [9.17, 15) is 0 Å². The van der Waals surface area contributed by atoms with Gasteiger partial charge in [0.15, 0.2) is 5.84 Å². The van der Waals surface area contributed by atoms with Crippen molar-refractivity contribution in [2.45, 2.75) is 19.5 Å². The molecule has 0 aliphatic carbocycles. The Bertz CT molecular complexity index is 325. The lowest BCUT2D eigenvalue weighted by Gasteiger charge is -2.23. The van der Waals surface area contributed by atoms with Gasteiger partial charge in [-0.1, -0.05) is 11.2 Å². The number of oxime groups is 1. The molecule has 0 aliphatic rings. The van der Waals surface area contributed by atoms with E-state index in [1.54, 1.807) is 12.4 Å². The molecule has 0 saturated carbocycles. The average molecular weight is 208 g/mol. The molecule has 15 heavy (non-hydrogen) atoms. The Labute approximate surface area is 89.2 Å². The van der Waals surface area contributed by atoms with Gasteiger partial charge in [-0.15, -0.1) is 0 Å². The zero-order chi connectivity index (χ0) is 11.3. The number of rotatable bonds is 4. The van der Waals surface area contributed by atoms with Gasteiger partial charge in [-0.2, -0.15) is 0 Å². The molecule has 1 aromatic rings. The van der Waals surface area contributed by atoms with E-state index < -0.39 is 0 Å². The van der Waals surface area contributed by atoms with Gasteiger partial charge in [0, 0.05) is 18.9 Å². The topological polar surface area (TPSA) is 74.7 Å². The third kappa shape index (κ3) is 3.21. The highest BCUT2D eigenvalue weighted by atomic mass is 16.4. The highest BCUT2D eigenvalue weighted by molar-refractivity contribution is 5.84. The van der Waals surface area contributed by atoms with Gasteiger partial charge in [-0.3, -0.25) is 9.88 Å². The minimum atomic E-state index is -0.102. The summed E-state index contributed by atoms with van der Waals surface area (Å²) in [5, 5.41) is 11.5. The van der Waals surface area contributed by atoms with Crippen LogP contribution in [-0.4, -0.2) is 34.0 Å². The molecular formula is C10H16N4O. The molecule has 5 nitrogen and oxygen atoms in total. The van der Waals surface area contributed by atoms with E-state index in [1.807, 2.05) is 31.0 Å². The van der Waals surface area contributed by atoms with Crippen LogP contribution in [0.2, 0.25) is 0 Å². The minimum absolute atomic E-state index is 0.102. The Morgan fingerprint density at radius 1 is 1.73 bits per heavy atom. The van der Waals surface area contributed by atoms with Crippen LogP contribution >= 0.6 is 0 Å². The number of aromatic nitrogens is 1. The summed E-state index contributed by atoms with van der Waals surface area (Å²) in [5.41, 5.74) is 6.61. The molecule has 0 saturated heterocycles. The summed E-state index contributed by atoms with van der Waals surface area (Å²) in [7, 11) is 1.91. The summed E-state index contributed by atoms with van der Waals surface area (Å²) >= 11 is 0. The first-order valence-electron chi connectivity index (χ1n) is 4.71. The molecule has 1 rings (SSSR count). The predicted molar refractivity (Wildman–Crippen MR) is 58.6 cm³/mol. The van der Waals surface area contributed by atoms with Crippen molar-refractivity contribution in [3.05, 3.63) is 30.1 Å². The molecule has 0 bridgehead atoms. The van der Waals surface area contributed by atoms with E-state index in [0.29, 0.717) is 6.54 Å². The molecule has 0 aromatic carbocycles. The van der Waals surface area contributed by atoms with Crippen LogP contribution in [0.3, 0.4) is 0 Å². The van der Waals surface area contributed by atoms with Crippen LogP contribution in [-0.2, 0) is 6.54 Å². The summed E-state index contributed by atoms with van der Waals surface area (Å²) in [4.78, 5) is 6.00. The lowest BCUT2D eigenvalue weighted by molar-refractivity contribution is 0.279. The molecule has 0 spiro atoms. The van der Waals surface area contributed by atoms with Gasteiger partial charge in [-0.25, -0.2) is 0 Å². The predicted octanol–water partition coefficient (Wildman–Crippen LogP) is 0.648. The fraction of sp³-hybridized carbons (Fsp3) is 0.400. The van der Waals surface area contributed by atoms with Crippen LogP contribution in [0.4, 0.5) is 0 Å². The van der Waals surface area contributed by atoms with Crippen molar-refractivity contribution < 1.29 is 5.21 Å². The van der Waals surface area contributed by atoms with E-state index in [-0.39, 0.29) is 11.9 Å². The number of pyridine rings is 1. The highest BCUT2D eigenvalue weighted by Gasteiger charge is 2.13. The van der Waals surface area contributed by atoms with Gasteiger partial charge in [0.1, 0.15) is 0 Å². The van der Waals surface area contributed by atoms with Crippen LogP contribution in [0.1, 0.15) is 12.5 Å². The maximum Gasteiger partial charge on any atom is 0.156 e. The maximum atomic E-state index is 8.54. The molecule has 1 heterocycles. The molecule has 82 valence electrons. The highest BCUT2D eigenvalue weighted by Crippen LogP contribution is 2.04. The second kappa shape index (κ2) is 5.31. The van der Waals surface area contributed by atoms with Gasteiger partial charge in [0.25, 0.3) is 0 Å². The number of amidine groups is 1. The normalized spacial score (nSPS) is 14.2. The average Bonchev–Trinajstić information content (AvgIpc) is 2.28. The molecule has 0 fully saturated rings. The second-order valence-corrected chi connectivity index (χ2v) is 3.48. The lowest BCUT2D eigenvalue weighted by Crippen LogP contribution is -2.40. The third-order valence-electron chi connectivity index (χ3n) is 2.36. The van der Waals surface area contributed by atoms with E-state index in [1.165, 1.54) is 0 Å². The standard InChI is InChI=1S/C10H16N4O/c1-8(10(11)13-15)14(2)7-9-4-3-5-12-6-9/h3-6,8,15H,7H2,1-2H3,(H2,11,13). The summed E-state index contributed by atoms with van der Waals surface area (Å²) in [6, 6.07) is 3.77. The van der Waals surface area contributed by atoms with Gasteiger partial charge in [-0.05, 0) is 25.6 Å². The Hall–Kier alpha value is -1.62. The van der Waals surface area contributed by atoms with Crippen molar-refractivity contribution >= 4 is 5.84 Å². The first kappa shape index (κ1) is 11.5. The van der Waals surface area contributed by atoms with Crippen LogP contribution in [0.25, 0.3) is 0 Å². The van der Waals surface area contributed by atoms with Crippen LogP contribution in [0.15, 0.2) is 29.7 Å². The van der Waals surface area contributed by atoms with Crippen molar-refractivity contribution in [3.63, 3.8) is 0 Å². The molecule has 1 unspecified atom stereocenters. The molecular weight excluding hydrogens is 192 g/mol. The van der Waals surface area contributed by atoms with Gasteiger partial charge in [0.05, 0.1) is 6.04 Å². The maximum absolute atomic E-state index is 8.54. The van der Waals surface area contributed by atoms with Crippen LogP contribution in [0, 0.1) is 0 Å². The molecule has 5 heteroatoms. The van der Waals surface area contributed by atoms with E-state index in [4.69, 9.17) is 10.9 Å². The smallest absolute Gasteiger partial charge is 0.156 e. The summed E-state index contributed by atoms with van der Waals surface area (Å²) in [5.74, 6) is 0.210. The zero-order valence-corrected chi connectivity index (χ0v) is 8.96. The molecule has 3 N–H and O–H groups in total. The first-order valence-corrected chi connectivity index (χ1v) is 4.71. The number of likely N-dealkylation sites (N-methyl/N-ethyl adjacent to an activating group) is 1. The van der Waals surface area contributed by atoms with Crippen molar-refractivity contribution in [1.82, 2.24) is 9.88 Å². The van der Waals surface area contributed by atoms with E-state index in [0.717, 1.165) is 5.56 Å². The Morgan fingerprint density at radius 3 is 3.00 bits per heavy atom. The summed E-state index contributed by atoms with van der Waals surface area (Å²) in [6.07, 6.45) is 3.53. The SMILES string of the molecule is CC(C(N)=NO)N(C)Cc1cccnc1. The number of hydrogen-bond acceptors (Lipinski definition) is 4. The number of nitrogens with zero attached hydrogens (tertiary/aromatic N) is 3. The van der Waals surface area contributed by atoms with E-state index >= 15 is 0 Å². The van der Waals surface area contributed by atoms with E-state index in [2.05, 4.69) is 10.1 Å². The first-order chi connectivity index (χ1) is 7.15. The largest absolute Gasteiger partial charge is 0.409 e. The van der Waals surface area contributed by atoms with Crippen LogP contribution in [0.5, 0.6) is 0 Å². The molecule has 0 radical (unpaired) electrons. The molecule has 0 aliphatic heterocycles. The van der Waals surface area contributed by atoms with Crippen molar-refractivity contribution in [3.8, 4) is 0 Å². The van der Waals surface area contributed by atoms with Crippen molar-refractivity contribution in [2.24, 2.45) is 10.9 Å². The fourth-order valence-corrected chi connectivity index (χ4v) is 1.23. The number of nitrogens with two attached hydrogens (primary N) is 1. The molecule has 1 atom stereocenters. The Kier molecular flexibility index (Phi) is 4.05. The zero-order valence-electron chi connectivity index (χ0n) is 8.96. The summed E-state index contributed by atoms with van der Waals surface area (Å²) in [6.45, 7) is 2.59. The van der Waals surface area contributed by atoms with Crippen molar-refractivity contribution in [2.75, 3.05) is 7.05 Å². The Morgan fingerprint density at radius 2 is 2.47 bits per heavy atom.